The lowest BCUT2D eigenvalue weighted by Gasteiger charge is -2.22. The zero-order chi connectivity index (χ0) is 19.2. The van der Waals surface area contributed by atoms with Gasteiger partial charge in [-0.15, -0.1) is 0 Å². The zero-order valence-electron chi connectivity index (χ0n) is 14.8. The minimum absolute atomic E-state index is 0.000808. The number of hydrogen-bond donors (Lipinski definition) is 1. The Kier molecular flexibility index (Phi) is 6.52. The minimum Gasteiger partial charge on any atom is -0.352 e. The average Bonchev–Trinajstić information content (AvgIpc) is 2.60. The SMILES string of the molecule is CC(=O)c1cccc(N(CCC(=O)NCc2ccccc2)S(C)(=O)=O)c1. The average molecular weight is 374 g/mol. The van der Waals surface area contributed by atoms with E-state index in [4.69, 9.17) is 0 Å². The van der Waals surface area contributed by atoms with E-state index in [2.05, 4.69) is 5.32 Å². The summed E-state index contributed by atoms with van der Waals surface area (Å²) in [6.07, 6.45) is 1.10. The number of nitrogens with one attached hydrogen (secondary N) is 1. The van der Waals surface area contributed by atoms with E-state index in [9.17, 15) is 18.0 Å². The number of rotatable bonds is 8. The number of benzene rings is 2. The Morgan fingerprint density at radius 3 is 2.35 bits per heavy atom. The molecule has 0 radical (unpaired) electrons. The summed E-state index contributed by atoms with van der Waals surface area (Å²) < 4.78 is 25.4. The maximum Gasteiger partial charge on any atom is 0.232 e. The molecule has 0 atom stereocenters. The van der Waals surface area contributed by atoms with Crippen molar-refractivity contribution in [1.82, 2.24) is 5.32 Å². The lowest BCUT2D eigenvalue weighted by molar-refractivity contribution is -0.121. The van der Waals surface area contributed by atoms with Gasteiger partial charge in [0.05, 0.1) is 11.9 Å². The predicted octanol–water partition coefficient (Wildman–Crippen LogP) is 2.36. The molecule has 0 saturated heterocycles. The van der Waals surface area contributed by atoms with Crippen LogP contribution in [0.1, 0.15) is 29.3 Å². The molecular weight excluding hydrogens is 352 g/mol. The van der Waals surface area contributed by atoms with Crippen molar-refractivity contribution in [3.8, 4) is 0 Å². The van der Waals surface area contributed by atoms with E-state index < -0.39 is 10.0 Å². The van der Waals surface area contributed by atoms with Gasteiger partial charge in [0.1, 0.15) is 0 Å². The fourth-order valence-electron chi connectivity index (χ4n) is 2.45. The lowest BCUT2D eigenvalue weighted by Crippen LogP contribution is -2.34. The third-order valence-corrected chi connectivity index (χ3v) is 5.01. The molecule has 2 rings (SSSR count). The number of amides is 1. The third-order valence-electron chi connectivity index (χ3n) is 3.82. The van der Waals surface area contributed by atoms with E-state index in [1.54, 1.807) is 18.2 Å². The first-order valence-corrected chi connectivity index (χ1v) is 10.0. The Morgan fingerprint density at radius 1 is 1.04 bits per heavy atom. The predicted molar refractivity (Wildman–Crippen MR) is 102 cm³/mol. The van der Waals surface area contributed by atoms with Gasteiger partial charge in [-0.3, -0.25) is 13.9 Å². The largest absolute Gasteiger partial charge is 0.352 e. The maximum absolute atomic E-state index is 12.1. The Bertz CT molecular complexity index is 879. The topological polar surface area (TPSA) is 83.6 Å². The molecule has 138 valence electrons. The van der Waals surface area contributed by atoms with Gasteiger partial charge < -0.3 is 5.32 Å². The van der Waals surface area contributed by atoms with Crippen molar-refractivity contribution in [2.24, 2.45) is 0 Å². The number of ketones is 1. The van der Waals surface area contributed by atoms with Crippen molar-refractivity contribution >= 4 is 27.4 Å². The molecule has 0 aliphatic rings. The molecule has 7 heteroatoms. The molecule has 0 saturated carbocycles. The first-order chi connectivity index (χ1) is 12.3. The Morgan fingerprint density at radius 2 is 1.73 bits per heavy atom. The van der Waals surface area contributed by atoms with Gasteiger partial charge >= 0.3 is 0 Å². The molecule has 1 amide bonds. The highest BCUT2D eigenvalue weighted by molar-refractivity contribution is 7.92. The first kappa shape index (κ1) is 19.7. The molecule has 1 N–H and O–H groups in total. The van der Waals surface area contributed by atoms with E-state index in [0.29, 0.717) is 17.8 Å². The van der Waals surface area contributed by atoms with Gasteiger partial charge in [0, 0.05) is 25.1 Å². The smallest absolute Gasteiger partial charge is 0.232 e. The highest BCUT2D eigenvalue weighted by Gasteiger charge is 2.19. The standard InChI is InChI=1S/C19H22N2O4S/c1-15(22)17-9-6-10-18(13-17)21(26(2,24)25)12-11-19(23)20-14-16-7-4-3-5-8-16/h3-10,13H,11-12,14H2,1-2H3,(H,20,23). The molecule has 0 fully saturated rings. The number of anilines is 1. The molecule has 0 bridgehead atoms. The van der Waals surface area contributed by atoms with Crippen molar-refractivity contribution in [3.63, 3.8) is 0 Å². The number of Topliss-reactive ketones (excluding diaryl/α,β-unsaturated/α-hetero) is 1. The van der Waals surface area contributed by atoms with Gasteiger partial charge in [0.25, 0.3) is 0 Å². The van der Waals surface area contributed by atoms with Gasteiger partial charge in [-0.05, 0) is 24.6 Å². The highest BCUT2D eigenvalue weighted by Crippen LogP contribution is 2.20. The Labute approximate surface area is 153 Å². The maximum atomic E-state index is 12.1. The summed E-state index contributed by atoms with van der Waals surface area (Å²) in [5.41, 5.74) is 1.76. The number of nitrogens with zero attached hydrogens (tertiary/aromatic N) is 1. The minimum atomic E-state index is -3.58. The summed E-state index contributed by atoms with van der Waals surface area (Å²) in [7, 11) is -3.58. The van der Waals surface area contributed by atoms with E-state index >= 15 is 0 Å². The highest BCUT2D eigenvalue weighted by atomic mass is 32.2. The molecule has 0 spiro atoms. The fraction of sp³-hybridized carbons (Fsp3) is 0.263. The summed E-state index contributed by atoms with van der Waals surface area (Å²) in [6, 6.07) is 15.8. The van der Waals surface area contributed by atoms with Crippen LogP contribution in [0.15, 0.2) is 54.6 Å². The summed E-state index contributed by atoms with van der Waals surface area (Å²) in [5.74, 6) is -0.397. The molecule has 0 aliphatic carbocycles. The second-order valence-corrected chi connectivity index (χ2v) is 7.86. The summed E-state index contributed by atoms with van der Waals surface area (Å²) in [4.78, 5) is 23.6. The van der Waals surface area contributed by atoms with Crippen molar-refractivity contribution in [3.05, 3.63) is 65.7 Å². The van der Waals surface area contributed by atoms with Crippen LogP contribution in [0.5, 0.6) is 0 Å². The van der Waals surface area contributed by atoms with Crippen LogP contribution in [0.25, 0.3) is 0 Å². The number of sulfonamides is 1. The van der Waals surface area contributed by atoms with E-state index in [0.717, 1.165) is 16.1 Å². The van der Waals surface area contributed by atoms with Crippen LogP contribution >= 0.6 is 0 Å². The molecular formula is C19H22N2O4S. The molecule has 0 aliphatic heterocycles. The van der Waals surface area contributed by atoms with Crippen molar-refractivity contribution in [2.75, 3.05) is 17.1 Å². The van der Waals surface area contributed by atoms with Crippen LogP contribution in [0.2, 0.25) is 0 Å². The third kappa shape index (κ3) is 5.70. The summed E-state index contributed by atoms with van der Waals surface area (Å²) in [6.45, 7) is 1.81. The normalized spacial score (nSPS) is 11.0. The van der Waals surface area contributed by atoms with Crippen LogP contribution in [0.4, 0.5) is 5.69 Å². The van der Waals surface area contributed by atoms with Crippen molar-refractivity contribution < 1.29 is 18.0 Å². The molecule has 26 heavy (non-hydrogen) atoms. The van der Waals surface area contributed by atoms with Crippen LogP contribution < -0.4 is 9.62 Å². The van der Waals surface area contributed by atoms with E-state index in [-0.39, 0.29) is 24.7 Å². The quantitative estimate of drug-likeness (QED) is 0.719. The van der Waals surface area contributed by atoms with Gasteiger partial charge in [0.2, 0.25) is 15.9 Å². The monoisotopic (exact) mass is 374 g/mol. The number of hydrogen-bond acceptors (Lipinski definition) is 4. The number of carbonyl (C=O) groups excluding carboxylic acids is 2. The lowest BCUT2D eigenvalue weighted by atomic mass is 10.1. The van der Waals surface area contributed by atoms with Gasteiger partial charge in [-0.1, -0.05) is 42.5 Å². The first-order valence-electron chi connectivity index (χ1n) is 8.16. The van der Waals surface area contributed by atoms with Crippen molar-refractivity contribution in [1.29, 1.82) is 0 Å². The Balaban J connectivity index is 2.03. The van der Waals surface area contributed by atoms with E-state index in [1.807, 2.05) is 30.3 Å². The van der Waals surface area contributed by atoms with Gasteiger partial charge in [0.15, 0.2) is 5.78 Å². The fourth-order valence-corrected chi connectivity index (χ4v) is 3.37. The van der Waals surface area contributed by atoms with Crippen LogP contribution in [0.3, 0.4) is 0 Å². The molecule has 2 aromatic rings. The summed E-state index contributed by atoms with van der Waals surface area (Å²) >= 11 is 0. The second-order valence-electron chi connectivity index (χ2n) is 5.95. The Hall–Kier alpha value is -2.67. The molecule has 0 aromatic heterocycles. The molecule has 2 aromatic carbocycles. The molecule has 0 heterocycles. The second kappa shape index (κ2) is 8.62. The van der Waals surface area contributed by atoms with E-state index in [1.165, 1.54) is 13.0 Å². The summed E-state index contributed by atoms with van der Waals surface area (Å²) in [5, 5.41) is 2.77. The molecule has 0 unspecified atom stereocenters. The van der Waals surface area contributed by atoms with Crippen LogP contribution in [0, 0.1) is 0 Å². The zero-order valence-corrected chi connectivity index (χ0v) is 15.6. The molecule has 6 nitrogen and oxygen atoms in total. The van der Waals surface area contributed by atoms with Crippen LogP contribution in [-0.4, -0.2) is 32.9 Å². The van der Waals surface area contributed by atoms with Gasteiger partial charge in [-0.2, -0.15) is 0 Å². The van der Waals surface area contributed by atoms with Crippen molar-refractivity contribution in [2.45, 2.75) is 19.9 Å². The van der Waals surface area contributed by atoms with Gasteiger partial charge in [-0.25, -0.2) is 8.42 Å². The number of carbonyl (C=O) groups is 2. The van der Waals surface area contributed by atoms with Crippen LogP contribution in [-0.2, 0) is 21.4 Å².